The zero-order valence-electron chi connectivity index (χ0n) is 17.4. The first-order chi connectivity index (χ1) is 13.7. The molecule has 158 valence electrons. The molecule has 29 heavy (non-hydrogen) atoms. The van der Waals surface area contributed by atoms with Gasteiger partial charge in [0.2, 0.25) is 5.91 Å². The van der Waals surface area contributed by atoms with Gasteiger partial charge in [0.25, 0.3) is 5.91 Å². The lowest BCUT2D eigenvalue weighted by atomic mass is 9.89. The maximum Gasteiger partial charge on any atom is 0.410 e. The topological polar surface area (TPSA) is 84.9 Å². The van der Waals surface area contributed by atoms with Crippen LogP contribution in [0.25, 0.3) is 0 Å². The Bertz CT molecular complexity index is 745. The third kappa shape index (κ3) is 5.95. The van der Waals surface area contributed by atoms with Crippen molar-refractivity contribution in [2.75, 3.05) is 13.1 Å². The molecule has 1 N–H and O–H groups in total. The highest BCUT2D eigenvalue weighted by Crippen LogP contribution is 2.30. The second-order valence-corrected chi connectivity index (χ2v) is 8.72. The number of ether oxygens (including phenoxy) is 2. The molecule has 7 nitrogen and oxygen atoms in total. The van der Waals surface area contributed by atoms with E-state index in [0.717, 1.165) is 12.8 Å². The second kappa shape index (κ2) is 8.84. The van der Waals surface area contributed by atoms with E-state index in [1.807, 2.05) is 45.0 Å². The van der Waals surface area contributed by atoms with E-state index in [-0.39, 0.29) is 17.9 Å². The van der Waals surface area contributed by atoms with Crippen molar-refractivity contribution in [3.8, 4) is 5.75 Å². The first-order valence-electron chi connectivity index (χ1n) is 10.3. The van der Waals surface area contributed by atoms with Gasteiger partial charge >= 0.3 is 6.09 Å². The second-order valence-electron chi connectivity index (χ2n) is 8.72. The molecule has 2 fully saturated rings. The molecule has 1 aromatic rings. The van der Waals surface area contributed by atoms with Gasteiger partial charge in [-0.25, -0.2) is 4.79 Å². The van der Waals surface area contributed by atoms with Crippen molar-refractivity contribution in [3.05, 3.63) is 29.8 Å². The van der Waals surface area contributed by atoms with Crippen molar-refractivity contribution < 1.29 is 23.9 Å². The molecule has 2 heterocycles. The zero-order chi connectivity index (χ0) is 21.0. The average molecular weight is 402 g/mol. The van der Waals surface area contributed by atoms with Gasteiger partial charge in [0, 0.05) is 19.5 Å². The quantitative estimate of drug-likeness (QED) is 0.784. The number of carbonyl (C=O) groups is 3. The summed E-state index contributed by atoms with van der Waals surface area (Å²) in [6.45, 7) is 6.97. The minimum atomic E-state index is -0.635. The molecule has 0 aromatic heterocycles. The van der Waals surface area contributed by atoms with E-state index in [9.17, 15) is 14.4 Å². The van der Waals surface area contributed by atoms with Crippen LogP contribution in [0.3, 0.4) is 0 Å². The van der Waals surface area contributed by atoms with E-state index in [1.165, 1.54) is 5.56 Å². The Morgan fingerprint density at radius 1 is 1.07 bits per heavy atom. The van der Waals surface area contributed by atoms with E-state index in [0.29, 0.717) is 44.0 Å². The lowest BCUT2D eigenvalue weighted by molar-refractivity contribution is -0.133. The highest BCUT2D eigenvalue weighted by molar-refractivity contribution is 5.98. The first kappa shape index (κ1) is 21.1. The van der Waals surface area contributed by atoms with Crippen molar-refractivity contribution in [2.45, 2.75) is 70.5 Å². The molecule has 0 spiro atoms. The number of hydrogen-bond donors (Lipinski definition) is 1. The maximum absolute atomic E-state index is 12.2. The van der Waals surface area contributed by atoms with Crippen LogP contribution in [0.1, 0.15) is 64.4 Å². The molecule has 1 atom stereocenters. The van der Waals surface area contributed by atoms with Crippen LogP contribution in [-0.4, -0.2) is 47.6 Å². The monoisotopic (exact) mass is 402 g/mol. The lowest BCUT2D eigenvalue weighted by Gasteiger charge is -2.33. The summed E-state index contributed by atoms with van der Waals surface area (Å²) in [6, 6.07) is 7.77. The van der Waals surface area contributed by atoms with Crippen LogP contribution < -0.4 is 10.1 Å². The molecule has 0 saturated carbocycles. The third-order valence-corrected chi connectivity index (χ3v) is 5.20. The number of nitrogens with one attached hydrogen (secondary N) is 1. The summed E-state index contributed by atoms with van der Waals surface area (Å²) in [5, 5.41) is 2.36. The van der Waals surface area contributed by atoms with Gasteiger partial charge in [-0.2, -0.15) is 0 Å². The number of nitrogens with zero attached hydrogens (tertiary/aromatic N) is 1. The van der Waals surface area contributed by atoms with Gasteiger partial charge in [-0.1, -0.05) is 12.1 Å². The van der Waals surface area contributed by atoms with E-state index in [4.69, 9.17) is 9.47 Å². The highest BCUT2D eigenvalue weighted by Gasteiger charge is 2.28. The Balaban J connectivity index is 1.52. The Labute approximate surface area is 171 Å². The fraction of sp³-hybridized carbons (Fsp3) is 0.591. The number of piperidine rings is 1. The van der Waals surface area contributed by atoms with Crippen LogP contribution in [0.15, 0.2) is 24.3 Å². The molecular weight excluding hydrogens is 372 g/mol. The summed E-state index contributed by atoms with van der Waals surface area (Å²) >= 11 is 0. The molecule has 0 bridgehead atoms. The van der Waals surface area contributed by atoms with Gasteiger partial charge in [0.1, 0.15) is 11.4 Å². The Morgan fingerprint density at radius 3 is 2.34 bits per heavy atom. The maximum atomic E-state index is 12.2. The summed E-state index contributed by atoms with van der Waals surface area (Å²) in [5.41, 5.74) is 0.715. The standard InChI is InChI=1S/C22H30N2O5/c1-22(2,3)29-21(27)24-13-11-16(12-14-24)15-7-9-17(10-8-15)28-18-5-4-6-19(25)23-20(18)26/h7-10,16,18H,4-6,11-14H2,1-3H3,(H,23,25,26). The van der Waals surface area contributed by atoms with E-state index in [2.05, 4.69) is 5.32 Å². The molecule has 1 unspecified atom stereocenters. The van der Waals surface area contributed by atoms with Crippen molar-refractivity contribution in [2.24, 2.45) is 0 Å². The van der Waals surface area contributed by atoms with Crippen LogP contribution in [0.4, 0.5) is 4.79 Å². The predicted octanol–water partition coefficient (Wildman–Crippen LogP) is 3.38. The fourth-order valence-corrected chi connectivity index (χ4v) is 3.68. The van der Waals surface area contributed by atoms with Crippen molar-refractivity contribution >= 4 is 17.9 Å². The van der Waals surface area contributed by atoms with Crippen LogP contribution in [-0.2, 0) is 14.3 Å². The molecule has 7 heteroatoms. The Hall–Kier alpha value is -2.57. The molecular formula is C22H30N2O5. The summed E-state index contributed by atoms with van der Waals surface area (Å²) < 4.78 is 11.2. The number of benzene rings is 1. The van der Waals surface area contributed by atoms with Crippen molar-refractivity contribution in [1.82, 2.24) is 10.2 Å². The summed E-state index contributed by atoms with van der Waals surface area (Å²) in [7, 11) is 0. The molecule has 0 radical (unpaired) electrons. The molecule has 2 aliphatic rings. The minimum absolute atomic E-state index is 0.242. The molecule has 0 aliphatic carbocycles. The predicted molar refractivity (Wildman–Crippen MR) is 108 cm³/mol. The Kier molecular flexibility index (Phi) is 6.45. The van der Waals surface area contributed by atoms with Crippen molar-refractivity contribution in [1.29, 1.82) is 0 Å². The van der Waals surface area contributed by atoms with Gasteiger partial charge < -0.3 is 14.4 Å². The van der Waals surface area contributed by atoms with E-state index in [1.54, 1.807) is 4.90 Å². The normalized spacial score (nSPS) is 21.3. The number of hydrogen-bond acceptors (Lipinski definition) is 5. The number of rotatable bonds is 3. The minimum Gasteiger partial charge on any atom is -0.481 e. The van der Waals surface area contributed by atoms with Gasteiger partial charge in [-0.05, 0) is 70.1 Å². The largest absolute Gasteiger partial charge is 0.481 e. The van der Waals surface area contributed by atoms with Crippen molar-refractivity contribution in [3.63, 3.8) is 0 Å². The molecule has 2 aliphatic heterocycles. The van der Waals surface area contributed by atoms with Gasteiger partial charge in [-0.15, -0.1) is 0 Å². The molecule has 1 aromatic carbocycles. The van der Waals surface area contributed by atoms with Gasteiger partial charge in [-0.3, -0.25) is 14.9 Å². The zero-order valence-corrected chi connectivity index (χ0v) is 17.4. The number of likely N-dealkylation sites (tertiary alicyclic amines) is 1. The SMILES string of the molecule is CC(C)(C)OC(=O)N1CCC(c2ccc(OC3CCCC(=O)NC3=O)cc2)CC1. The summed E-state index contributed by atoms with van der Waals surface area (Å²) in [4.78, 5) is 37.4. The van der Waals surface area contributed by atoms with Crippen LogP contribution in [0, 0.1) is 0 Å². The summed E-state index contributed by atoms with van der Waals surface area (Å²) in [6.07, 6.45) is 2.40. The average Bonchev–Trinajstić information content (AvgIpc) is 2.81. The number of carbonyl (C=O) groups excluding carboxylic acids is 3. The first-order valence-corrected chi connectivity index (χ1v) is 10.3. The fourth-order valence-electron chi connectivity index (χ4n) is 3.68. The third-order valence-electron chi connectivity index (χ3n) is 5.20. The van der Waals surface area contributed by atoms with E-state index < -0.39 is 11.7 Å². The van der Waals surface area contributed by atoms with Gasteiger partial charge in [0.05, 0.1) is 0 Å². The molecule has 3 rings (SSSR count). The highest BCUT2D eigenvalue weighted by atomic mass is 16.6. The lowest BCUT2D eigenvalue weighted by Crippen LogP contribution is -2.41. The molecule has 2 saturated heterocycles. The smallest absolute Gasteiger partial charge is 0.410 e. The number of imide groups is 1. The van der Waals surface area contributed by atoms with Gasteiger partial charge in [0.15, 0.2) is 6.10 Å². The summed E-state index contributed by atoms with van der Waals surface area (Å²) in [5.74, 6) is 0.385. The number of amides is 3. The van der Waals surface area contributed by atoms with Crippen LogP contribution >= 0.6 is 0 Å². The van der Waals surface area contributed by atoms with E-state index >= 15 is 0 Å². The molecule has 3 amide bonds. The van der Waals surface area contributed by atoms with Crippen LogP contribution in [0.5, 0.6) is 5.75 Å². The Morgan fingerprint density at radius 2 is 1.72 bits per heavy atom. The van der Waals surface area contributed by atoms with Crippen LogP contribution in [0.2, 0.25) is 0 Å².